The van der Waals surface area contributed by atoms with Gasteiger partial charge in [-0.3, -0.25) is 4.79 Å². The maximum absolute atomic E-state index is 12.8. The summed E-state index contributed by atoms with van der Waals surface area (Å²) in [6, 6.07) is 8.62. The lowest BCUT2D eigenvalue weighted by Crippen LogP contribution is -2.51. The molecule has 9 heteroatoms. The van der Waals surface area contributed by atoms with E-state index in [4.69, 9.17) is 4.74 Å². The second-order valence-electron chi connectivity index (χ2n) is 10.2. The molecule has 8 nitrogen and oxygen atoms in total. The van der Waals surface area contributed by atoms with Crippen LogP contribution < -0.4 is 10.6 Å². The summed E-state index contributed by atoms with van der Waals surface area (Å²) < 4.78 is 7.66. The van der Waals surface area contributed by atoms with E-state index >= 15 is 0 Å². The van der Waals surface area contributed by atoms with Crippen LogP contribution in [0.2, 0.25) is 0 Å². The molecule has 0 radical (unpaired) electrons. The molecule has 1 aliphatic rings. The van der Waals surface area contributed by atoms with Gasteiger partial charge in [0.05, 0.1) is 18.7 Å². The maximum Gasteiger partial charge on any atom is 0.407 e. The molecule has 2 aromatic rings. The molecule has 0 aliphatic heterocycles. The quantitative estimate of drug-likeness (QED) is 0.221. The van der Waals surface area contributed by atoms with Crippen LogP contribution in [-0.2, 0) is 16.6 Å². The van der Waals surface area contributed by atoms with Crippen molar-refractivity contribution in [1.29, 1.82) is 0 Å². The minimum atomic E-state index is -1.36. The molecular formula is C28H42N4O4S. The summed E-state index contributed by atoms with van der Waals surface area (Å²) in [6.45, 7) is 4.27. The molecule has 1 saturated carbocycles. The van der Waals surface area contributed by atoms with Gasteiger partial charge < -0.3 is 25.0 Å². The predicted octanol–water partition coefficient (Wildman–Crippen LogP) is 4.99. The van der Waals surface area contributed by atoms with Crippen molar-refractivity contribution in [2.24, 2.45) is 12.5 Å². The molecule has 3 atom stereocenters. The minimum absolute atomic E-state index is 0.0273. The zero-order chi connectivity index (χ0) is 26.7. The summed E-state index contributed by atoms with van der Waals surface area (Å²) in [5, 5.41) is 17.4. The molecule has 2 amide bonds. The van der Waals surface area contributed by atoms with Crippen molar-refractivity contribution in [3.63, 3.8) is 0 Å². The molecule has 1 fully saturated rings. The number of ether oxygens (including phenoxy) is 1. The van der Waals surface area contributed by atoms with Gasteiger partial charge in [0.15, 0.2) is 11.3 Å². The SMILES string of the molecule is CCCC[C@H](NC(=O)OCC1(CCCSc2nccn2C)CCC1)C(O)C(=O)N[C@H](C)c1ccccc1. The molecule has 0 saturated heterocycles. The third-order valence-corrected chi connectivity index (χ3v) is 8.41. The number of carbonyl (C=O) groups is 2. The van der Waals surface area contributed by atoms with Gasteiger partial charge in [0.1, 0.15) is 0 Å². The molecule has 204 valence electrons. The van der Waals surface area contributed by atoms with Crippen molar-refractivity contribution >= 4 is 23.8 Å². The van der Waals surface area contributed by atoms with Crippen molar-refractivity contribution in [3.8, 4) is 0 Å². The second kappa shape index (κ2) is 14.4. The Morgan fingerprint density at radius 3 is 2.59 bits per heavy atom. The number of hydrogen-bond donors (Lipinski definition) is 3. The molecule has 3 N–H and O–H groups in total. The Morgan fingerprint density at radius 2 is 1.97 bits per heavy atom. The lowest BCUT2D eigenvalue weighted by atomic mass is 9.67. The number of rotatable bonds is 15. The topological polar surface area (TPSA) is 105 Å². The molecule has 1 aromatic carbocycles. The number of nitrogens with one attached hydrogen (secondary N) is 2. The molecule has 1 unspecified atom stereocenters. The number of thioether (sulfide) groups is 1. The van der Waals surface area contributed by atoms with Crippen LogP contribution in [0.4, 0.5) is 4.79 Å². The zero-order valence-electron chi connectivity index (χ0n) is 22.3. The molecule has 0 bridgehead atoms. The molecular weight excluding hydrogens is 488 g/mol. The molecule has 0 spiro atoms. The van der Waals surface area contributed by atoms with E-state index in [1.807, 2.05) is 62.0 Å². The normalized spacial score (nSPS) is 16.8. The first-order valence-electron chi connectivity index (χ1n) is 13.4. The van der Waals surface area contributed by atoms with E-state index in [1.54, 1.807) is 18.0 Å². The number of aliphatic hydroxyl groups is 1. The number of unbranched alkanes of at least 4 members (excludes halogenated alkanes) is 1. The highest BCUT2D eigenvalue weighted by Crippen LogP contribution is 2.45. The number of carbonyl (C=O) groups excluding carboxylic acids is 2. The third-order valence-electron chi connectivity index (χ3n) is 7.26. The van der Waals surface area contributed by atoms with Gasteiger partial charge in [0.25, 0.3) is 5.91 Å². The molecule has 1 aliphatic carbocycles. The Labute approximate surface area is 225 Å². The number of aromatic nitrogens is 2. The largest absolute Gasteiger partial charge is 0.449 e. The first kappa shape index (κ1) is 29.0. The fourth-order valence-corrected chi connectivity index (χ4v) is 5.57. The summed E-state index contributed by atoms with van der Waals surface area (Å²) >= 11 is 1.74. The van der Waals surface area contributed by atoms with Crippen LogP contribution >= 0.6 is 11.8 Å². The van der Waals surface area contributed by atoms with E-state index in [2.05, 4.69) is 15.6 Å². The minimum Gasteiger partial charge on any atom is -0.449 e. The van der Waals surface area contributed by atoms with Gasteiger partial charge in [-0.2, -0.15) is 0 Å². The Bertz CT molecular complexity index is 980. The number of benzene rings is 1. The molecule has 3 rings (SSSR count). The van der Waals surface area contributed by atoms with E-state index < -0.39 is 24.1 Å². The van der Waals surface area contributed by atoms with E-state index in [0.717, 1.165) is 61.4 Å². The third kappa shape index (κ3) is 8.78. The van der Waals surface area contributed by atoms with Crippen molar-refractivity contribution in [2.45, 2.75) is 88.6 Å². The highest BCUT2D eigenvalue weighted by Gasteiger charge is 2.38. The Kier molecular flexibility index (Phi) is 11.3. The average Bonchev–Trinajstić information content (AvgIpc) is 3.29. The van der Waals surface area contributed by atoms with Crippen LogP contribution in [0.15, 0.2) is 47.9 Å². The smallest absolute Gasteiger partial charge is 0.407 e. The van der Waals surface area contributed by atoms with Gasteiger partial charge in [0.2, 0.25) is 0 Å². The zero-order valence-corrected chi connectivity index (χ0v) is 23.1. The summed E-state index contributed by atoms with van der Waals surface area (Å²) in [4.78, 5) is 29.8. The van der Waals surface area contributed by atoms with Crippen molar-refractivity contribution in [1.82, 2.24) is 20.2 Å². The van der Waals surface area contributed by atoms with Crippen molar-refractivity contribution in [3.05, 3.63) is 48.3 Å². The number of amides is 2. The maximum atomic E-state index is 12.8. The van der Waals surface area contributed by atoms with Crippen LogP contribution in [0.5, 0.6) is 0 Å². The van der Waals surface area contributed by atoms with Gasteiger partial charge in [-0.1, -0.05) is 68.3 Å². The summed E-state index contributed by atoms with van der Waals surface area (Å²) in [5.74, 6) is 0.471. The molecule has 1 heterocycles. The van der Waals surface area contributed by atoms with Crippen LogP contribution in [0.1, 0.15) is 76.8 Å². The predicted molar refractivity (Wildman–Crippen MR) is 146 cm³/mol. The van der Waals surface area contributed by atoms with Gasteiger partial charge >= 0.3 is 6.09 Å². The number of aryl methyl sites for hydroxylation is 1. The standard InChI is InChI=1S/C28H42N4O4S/c1-4-5-13-23(24(33)25(34)30-21(2)22-11-7-6-8-12-22)31-27(35)36-20-28(14-9-15-28)16-10-19-37-26-29-17-18-32(26)3/h6-8,11-12,17-18,21,23-24,33H,4-5,9-10,13-16,19-20H2,1-3H3,(H,30,34)(H,31,35)/t21-,23+,24?/m1/s1. The van der Waals surface area contributed by atoms with E-state index in [0.29, 0.717) is 13.0 Å². The Hall–Kier alpha value is -2.52. The lowest BCUT2D eigenvalue weighted by Gasteiger charge is -2.41. The van der Waals surface area contributed by atoms with Gasteiger partial charge in [0, 0.05) is 30.6 Å². The van der Waals surface area contributed by atoms with Crippen LogP contribution in [0, 0.1) is 5.41 Å². The van der Waals surface area contributed by atoms with Crippen LogP contribution in [0.3, 0.4) is 0 Å². The number of hydrogen-bond acceptors (Lipinski definition) is 6. The Morgan fingerprint density at radius 1 is 1.22 bits per heavy atom. The number of alkyl carbamates (subject to hydrolysis) is 1. The number of nitrogens with zero attached hydrogens (tertiary/aromatic N) is 2. The first-order chi connectivity index (χ1) is 17.8. The van der Waals surface area contributed by atoms with Crippen molar-refractivity contribution in [2.75, 3.05) is 12.4 Å². The monoisotopic (exact) mass is 530 g/mol. The fourth-order valence-electron chi connectivity index (χ4n) is 4.70. The molecule has 37 heavy (non-hydrogen) atoms. The van der Waals surface area contributed by atoms with Gasteiger partial charge in [-0.15, -0.1) is 0 Å². The highest BCUT2D eigenvalue weighted by atomic mass is 32.2. The van der Waals surface area contributed by atoms with Crippen LogP contribution in [-0.4, -0.2) is 51.2 Å². The van der Waals surface area contributed by atoms with Gasteiger partial charge in [-0.05, 0) is 44.6 Å². The average molecular weight is 531 g/mol. The number of aliphatic hydroxyl groups excluding tert-OH is 1. The fraction of sp³-hybridized carbons (Fsp3) is 0.607. The van der Waals surface area contributed by atoms with E-state index in [1.165, 1.54) is 0 Å². The molecule has 1 aromatic heterocycles. The first-order valence-corrected chi connectivity index (χ1v) is 14.4. The highest BCUT2D eigenvalue weighted by molar-refractivity contribution is 7.99. The number of imidazole rings is 1. The summed E-state index contributed by atoms with van der Waals surface area (Å²) in [7, 11) is 1.99. The van der Waals surface area contributed by atoms with E-state index in [-0.39, 0.29) is 11.5 Å². The van der Waals surface area contributed by atoms with Crippen LogP contribution in [0.25, 0.3) is 0 Å². The van der Waals surface area contributed by atoms with Crippen molar-refractivity contribution < 1.29 is 19.4 Å². The summed E-state index contributed by atoms with van der Waals surface area (Å²) in [6.07, 6.45) is 9.26. The second-order valence-corrected chi connectivity index (χ2v) is 11.2. The van der Waals surface area contributed by atoms with E-state index in [9.17, 15) is 14.7 Å². The lowest BCUT2D eigenvalue weighted by molar-refractivity contribution is -0.131. The van der Waals surface area contributed by atoms with Gasteiger partial charge in [-0.25, -0.2) is 9.78 Å². The Balaban J connectivity index is 1.46. The summed E-state index contributed by atoms with van der Waals surface area (Å²) in [5.41, 5.74) is 0.976.